The van der Waals surface area contributed by atoms with Crippen molar-refractivity contribution in [3.8, 4) is 28.7 Å². The van der Waals surface area contributed by atoms with E-state index in [1.807, 2.05) is 31.2 Å². The molecule has 138 valence electrons. The van der Waals surface area contributed by atoms with E-state index in [4.69, 9.17) is 23.7 Å². The summed E-state index contributed by atoms with van der Waals surface area (Å²) in [5.74, 6) is 1.58. The van der Waals surface area contributed by atoms with Gasteiger partial charge in [-0.05, 0) is 12.1 Å². The number of ether oxygens (including phenoxy) is 5. The smallest absolute Gasteiger partial charge is 0.231 e. The fraction of sp³-hybridized carbons (Fsp3) is 0.400. The molecule has 26 heavy (non-hydrogen) atoms. The quantitative estimate of drug-likeness (QED) is 0.908. The van der Waals surface area contributed by atoms with Crippen LogP contribution in [0.4, 0.5) is 0 Å². The largest absolute Gasteiger partial charge is 0.497 e. The molecule has 0 aliphatic carbocycles. The Hall–Kier alpha value is -2.60. The number of aliphatic hydroxyl groups is 1. The highest BCUT2D eigenvalue weighted by molar-refractivity contribution is 5.58. The van der Waals surface area contributed by atoms with E-state index in [-0.39, 0.29) is 18.6 Å². The molecular weight excluding hydrogens is 336 g/mol. The molecule has 2 aliphatic heterocycles. The van der Waals surface area contributed by atoms with Crippen LogP contribution in [0, 0.1) is 5.92 Å². The molecule has 2 heterocycles. The van der Waals surface area contributed by atoms with Crippen molar-refractivity contribution in [2.45, 2.75) is 25.6 Å². The Morgan fingerprint density at radius 3 is 2.42 bits per heavy atom. The Bertz CT molecular complexity index is 844. The van der Waals surface area contributed by atoms with Gasteiger partial charge >= 0.3 is 0 Å². The lowest BCUT2D eigenvalue weighted by Gasteiger charge is -2.42. The average molecular weight is 358 g/mol. The average Bonchev–Trinajstić information content (AvgIpc) is 3.08. The number of hydrogen-bond acceptors (Lipinski definition) is 6. The molecule has 4 rings (SSSR count). The molecule has 2 aliphatic rings. The van der Waals surface area contributed by atoms with E-state index in [9.17, 15) is 5.11 Å². The summed E-state index contributed by atoms with van der Waals surface area (Å²) in [6, 6.07) is 9.41. The molecule has 6 heteroatoms. The first-order chi connectivity index (χ1) is 12.4. The molecule has 0 amide bonds. The maximum absolute atomic E-state index is 10.9. The summed E-state index contributed by atoms with van der Waals surface area (Å²) in [7, 11) is 3.24. The number of hydrogen-bond donors (Lipinski definition) is 1. The van der Waals surface area contributed by atoms with E-state index in [0.717, 1.165) is 11.1 Å². The molecule has 0 spiro atoms. The van der Waals surface area contributed by atoms with Crippen molar-refractivity contribution in [1.82, 2.24) is 0 Å². The van der Waals surface area contributed by atoms with Crippen molar-refractivity contribution in [3.05, 3.63) is 41.5 Å². The van der Waals surface area contributed by atoms with Crippen LogP contribution in [0.25, 0.3) is 0 Å². The summed E-state index contributed by atoms with van der Waals surface area (Å²) >= 11 is 0. The maximum Gasteiger partial charge on any atom is 0.231 e. The monoisotopic (exact) mass is 358 g/mol. The summed E-state index contributed by atoms with van der Waals surface area (Å²) in [6.07, 6.45) is 0. The lowest BCUT2D eigenvalue weighted by atomic mass is 9.75. The van der Waals surface area contributed by atoms with Crippen LogP contribution < -0.4 is 23.7 Å². The van der Waals surface area contributed by atoms with Crippen LogP contribution in [0.1, 0.15) is 30.9 Å². The van der Waals surface area contributed by atoms with Crippen LogP contribution in [0.3, 0.4) is 0 Å². The van der Waals surface area contributed by atoms with Crippen LogP contribution in [-0.2, 0) is 0 Å². The Morgan fingerprint density at radius 2 is 1.73 bits per heavy atom. The lowest BCUT2D eigenvalue weighted by Crippen LogP contribution is -2.45. The van der Waals surface area contributed by atoms with Crippen molar-refractivity contribution in [2.75, 3.05) is 21.0 Å². The highest BCUT2D eigenvalue weighted by atomic mass is 16.7. The minimum Gasteiger partial charge on any atom is -0.497 e. The molecule has 0 bridgehead atoms. The zero-order valence-corrected chi connectivity index (χ0v) is 15.2. The molecule has 0 aromatic heterocycles. The van der Waals surface area contributed by atoms with Crippen LogP contribution >= 0.6 is 0 Å². The SMILES string of the molecule is COc1ccc([C@@H]2c3cc4c(cc3O[C@@](C)(O)[C@H]2C)OCO4)c(OC)c1. The van der Waals surface area contributed by atoms with Gasteiger partial charge < -0.3 is 28.8 Å². The molecule has 3 atom stereocenters. The summed E-state index contributed by atoms with van der Waals surface area (Å²) < 4.78 is 27.8. The van der Waals surface area contributed by atoms with Crippen LogP contribution in [0.5, 0.6) is 28.7 Å². The number of methoxy groups -OCH3 is 2. The fourth-order valence-corrected chi connectivity index (χ4v) is 3.68. The minimum atomic E-state index is -1.34. The van der Waals surface area contributed by atoms with Crippen LogP contribution in [0.2, 0.25) is 0 Å². The Kier molecular flexibility index (Phi) is 3.88. The molecular formula is C20H22O6. The van der Waals surface area contributed by atoms with Gasteiger partial charge in [0.1, 0.15) is 17.2 Å². The first kappa shape index (κ1) is 16.8. The third kappa shape index (κ3) is 2.52. The number of benzene rings is 2. The van der Waals surface area contributed by atoms with Crippen molar-refractivity contribution in [1.29, 1.82) is 0 Å². The van der Waals surface area contributed by atoms with Gasteiger partial charge in [0.25, 0.3) is 0 Å². The van der Waals surface area contributed by atoms with E-state index in [1.54, 1.807) is 27.2 Å². The third-order valence-electron chi connectivity index (χ3n) is 5.28. The Labute approximate surface area is 152 Å². The molecule has 0 saturated carbocycles. The highest BCUT2D eigenvalue weighted by Crippen LogP contribution is 2.53. The van der Waals surface area contributed by atoms with Gasteiger partial charge in [0.2, 0.25) is 12.6 Å². The maximum atomic E-state index is 10.9. The van der Waals surface area contributed by atoms with Crippen molar-refractivity contribution < 1.29 is 28.8 Å². The van der Waals surface area contributed by atoms with Crippen LogP contribution in [-0.4, -0.2) is 31.9 Å². The molecule has 0 unspecified atom stereocenters. The lowest BCUT2D eigenvalue weighted by molar-refractivity contribution is -0.171. The predicted octanol–water partition coefficient (Wildman–Crippen LogP) is 3.30. The number of fused-ring (bicyclic) bond motifs is 2. The van der Waals surface area contributed by atoms with Gasteiger partial charge in [0.15, 0.2) is 11.5 Å². The van der Waals surface area contributed by atoms with Crippen LogP contribution in [0.15, 0.2) is 30.3 Å². The zero-order valence-electron chi connectivity index (χ0n) is 15.2. The van der Waals surface area contributed by atoms with E-state index >= 15 is 0 Å². The van der Waals surface area contributed by atoms with Gasteiger partial charge in [0.05, 0.1) is 14.2 Å². The number of rotatable bonds is 3. The zero-order chi connectivity index (χ0) is 18.5. The van der Waals surface area contributed by atoms with Gasteiger partial charge in [-0.1, -0.05) is 13.0 Å². The topological polar surface area (TPSA) is 66.4 Å². The van der Waals surface area contributed by atoms with Gasteiger partial charge in [-0.25, -0.2) is 0 Å². The first-order valence-electron chi connectivity index (χ1n) is 8.51. The summed E-state index contributed by atoms with van der Waals surface area (Å²) in [4.78, 5) is 0. The van der Waals surface area contributed by atoms with Gasteiger partial charge in [0, 0.05) is 42.0 Å². The third-order valence-corrected chi connectivity index (χ3v) is 5.28. The first-order valence-corrected chi connectivity index (χ1v) is 8.51. The Balaban J connectivity index is 1.90. The summed E-state index contributed by atoms with van der Waals surface area (Å²) in [5.41, 5.74) is 1.88. The summed E-state index contributed by atoms with van der Waals surface area (Å²) in [5, 5.41) is 10.9. The Morgan fingerprint density at radius 1 is 1.00 bits per heavy atom. The fourth-order valence-electron chi connectivity index (χ4n) is 3.68. The molecule has 0 radical (unpaired) electrons. The standard InChI is InChI=1S/C20H22O6/c1-11-19(13-6-5-12(22-3)7-15(13)23-4)14-8-17-18(25-10-24-17)9-16(14)26-20(11,2)21/h5-9,11,19,21H,10H2,1-4H3/t11-,19+,20+/m0/s1. The highest BCUT2D eigenvalue weighted by Gasteiger charge is 2.45. The molecule has 6 nitrogen and oxygen atoms in total. The normalized spacial score (nSPS) is 26.0. The van der Waals surface area contributed by atoms with Gasteiger partial charge in [-0.2, -0.15) is 0 Å². The second-order valence-corrected chi connectivity index (χ2v) is 6.77. The molecule has 2 aromatic carbocycles. The second kappa shape index (κ2) is 5.99. The second-order valence-electron chi connectivity index (χ2n) is 6.77. The molecule has 1 N–H and O–H groups in total. The van der Waals surface area contributed by atoms with Gasteiger partial charge in [-0.15, -0.1) is 0 Å². The van der Waals surface area contributed by atoms with E-state index < -0.39 is 5.79 Å². The molecule has 2 aromatic rings. The van der Waals surface area contributed by atoms with E-state index in [0.29, 0.717) is 28.7 Å². The molecule has 0 fully saturated rings. The van der Waals surface area contributed by atoms with Crippen molar-refractivity contribution in [2.24, 2.45) is 5.92 Å². The predicted molar refractivity (Wildman–Crippen MR) is 94.4 cm³/mol. The van der Waals surface area contributed by atoms with E-state index in [2.05, 4.69) is 0 Å². The summed E-state index contributed by atoms with van der Waals surface area (Å²) in [6.45, 7) is 3.82. The minimum absolute atomic E-state index is 0.149. The van der Waals surface area contributed by atoms with Crippen molar-refractivity contribution >= 4 is 0 Å². The van der Waals surface area contributed by atoms with Crippen molar-refractivity contribution in [3.63, 3.8) is 0 Å². The van der Waals surface area contributed by atoms with E-state index in [1.165, 1.54) is 0 Å². The van der Waals surface area contributed by atoms with Gasteiger partial charge in [-0.3, -0.25) is 0 Å². The molecule has 0 saturated heterocycles.